The van der Waals surface area contributed by atoms with Crippen LogP contribution in [-0.2, 0) is 32.2 Å². The van der Waals surface area contributed by atoms with E-state index in [9.17, 15) is 26.4 Å². The highest BCUT2D eigenvalue weighted by Gasteiger charge is 2.33. The van der Waals surface area contributed by atoms with Crippen LogP contribution in [0, 0.1) is 0 Å². The van der Waals surface area contributed by atoms with E-state index >= 15 is 0 Å². The number of esters is 1. The number of methoxy groups -OCH3 is 1. The van der Waals surface area contributed by atoms with Gasteiger partial charge in [-0.25, -0.2) is 13.4 Å². The number of nitrogens with one attached hydrogen (secondary N) is 2. The van der Waals surface area contributed by atoms with Crippen LogP contribution in [0.15, 0.2) is 41.7 Å². The van der Waals surface area contributed by atoms with Gasteiger partial charge in [0.2, 0.25) is 10.0 Å². The van der Waals surface area contributed by atoms with E-state index in [1.807, 2.05) is 0 Å². The molecule has 0 spiro atoms. The summed E-state index contributed by atoms with van der Waals surface area (Å²) in [6, 6.07) is 1.89. The molecule has 0 aliphatic rings. The summed E-state index contributed by atoms with van der Waals surface area (Å²) in [5, 5.41) is 0. The van der Waals surface area contributed by atoms with Gasteiger partial charge in [0, 0.05) is 18.3 Å². The smallest absolute Gasteiger partial charge is 0.416 e. The number of hydrogen-bond acceptors (Lipinski definition) is 5. The van der Waals surface area contributed by atoms with Gasteiger partial charge in [-0.2, -0.15) is 17.9 Å². The maximum absolute atomic E-state index is 12.8. The Morgan fingerprint density at radius 2 is 2.12 bits per heavy atom. The predicted octanol–water partition coefficient (Wildman–Crippen LogP) is 1.49. The van der Waals surface area contributed by atoms with Gasteiger partial charge in [0.15, 0.2) is 0 Å². The topological polar surface area (TPSA) is 101 Å². The van der Waals surface area contributed by atoms with E-state index in [4.69, 9.17) is 0 Å². The van der Waals surface area contributed by atoms with Crippen LogP contribution in [0.25, 0.3) is 0 Å². The standard InChI is InChI=1S/C14H14F3N3O4S/c1-24-13(21)12(6-10-7-18-8-19-10)20-25(22,23)11-4-2-3-9(5-11)14(15,16)17/h2-5,7-8,12,20H,6H2,1H3,(H,18,19)/t12-/m0/s1. The number of alkyl halides is 3. The predicted molar refractivity (Wildman–Crippen MR) is 79.9 cm³/mol. The van der Waals surface area contributed by atoms with Gasteiger partial charge in [0.05, 0.1) is 23.9 Å². The van der Waals surface area contributed by atoms with E-state index in [0.717, 1.165) is 25.3 Å². The van der Waals surface area contributed by atoms with Crippen molar-refractivity contribution >= 4 is 16.0 Å². The number of aromatic nitrogens is 2. The third kappa shape index (κ3) is 4.79. The molecule has 2 rings (SSSR count). The fourth-order valence-electron chi connectivity index (χ4n) is 2.03. The first kappa shape index (κ1) is 18.9. The monoisotopic (exact) mass is 377 g/mol. The molecule has 1 aromatic heterocycles. The van der Waals surface area contributed by atoms with E-state index in [1.54, 1.807) is 0 Å². The van der Waals surface area contributed by atoms with Crippen LogP contribution in [0.4, 0.5) is 13.2 Å². The number of benzene rings is 1. The second kappa shape index (κ2) is 7.23. The molecule has 0 aliphatic carbocycles. The summed E-state index contributed by atoms with van der Waals surface area (Å²) in [6.45, 7) is 0. The second-order valence-corrected chi connectivity index (χ2v) is 6.72. The summed E-state index contributed by atoms with van der Waals surface area (Å²) in [5.41, 5.74) is -0.666. The normalized spacial score (nSPS) is 13.4. The highest BCUT2D eigenvalue weighted by Crippen LogP contribution is 2.30. The van der Waals surface area contributed by atoms with E-state index in [-0.39, 0.29) is 6.42 Å². The molecule has 1 atom stereocenters. The highest BCUT2D eigenvalue weighted by atomic mass is 32.2. The van der Waals surface area contributed by atoms with E-state index in [1.165, 1.54) is 12.5 Å². The minimum Gasteiger partial charge on any atom is -0.468 e. The molecule has 0 unspecified atom stereocenters. The molecule has 0 saturated heterocycles. The number of hydrogen-bond donors (Lipinski definition) is 2. The van der Waals surface area contributed by atoms with Gasteiger partial charge >= 0.3 is 12.1 Å². The quantitative estimate of drug-likeness (QED) is 0.743. The lowest BCUT2D eigenvalue weighted by Gasteiger charge is -2.16. The second-order valence-electron chi connectivity index (χ2n) is 5.00. The molecule has 25 heavy (non-hydrogen) atoms. The Labute approximate surface area is 141 Å². The van der Waals surface area contributed by atoms with Crippen LogP contribution in [-0.4, -0.2) is 37.5 Å². The Bertz CT molecular complexity index is 835. The van der Waals surface area contributed by atoms with Gasteiger partial charge in [0.1, 0.15) is 6.04 Å². The Morgan fingerprint density at radius 3 is 2.68 bits per heavy atom. The van der Waals surface area contributed by atoms with Crippen LogP contribution < -0.4 is 4.72 Å². The molecule has 0 radical (unpaired) electrons. The molecule has 0 amide bonds. The SMILES string of the molecule is COC(=O)[C@H](Cc1cnc[nH]1)NS(=O)(=O)c1cccc(C(F)(F)F)c1. The lowest BCUT2D eigenvalue weighted by atomic mass is 10.2. The molecule has 7 nitrogen and oxygen atoms in total. The summed E-state index contributed by atoms with van der Waals surface area (Å²) in [7, 11) is -3.32. The van der Waals surface area contributed by atoms with Crippen molar-refractivity contribution in [3.63, 3.8) is 0 Å². The molecule has 11 heteroatoms. The lowest BCUT2D eigenvalue weighted by Crippen LogP contribution is -2.43. The van der Waals surface area contributed by atoms with Gasteiger partial charge in [-0.3, -0.25) is 4.79 Å². The van der Waals surface area contributed by atoms with Crippen LogP contribution in [0.2, 0.25) is 0 Å². The van der Waals surface area contributed by atoms with Crippen molar-refractivity contribution in [2.75, 3.05) is 7.11 Å². The molecule has 0 fully saturated rings. The van der Waals surface area contributed by atoms with Gasteiger partial charge < -0.3 is 9.72 Å². The van der Waals surface area contributed by atoms with Crippen LogP contribution in [0.1, 0.15) is 11.3 Å². The Kier molecular flexibility index (Phi) is 5.48. The van der Waals surface area contributed by atoms with Crippen molar-refractivity contribution in [3.05, 3.63) is 48.0 Å². The summed E-state index contributed by atoms with van der Waals surface area (Å²) in [5.74, 6) is -0.884. The fraction of sp³-hybridized carbons (Fsp3) is 0.286. The number of H-pyrrole nitrogens is 1. The number of carbonyl (C=O) groups excluding carboxylic acids is 1. The van der Waals surface area contributed by atoms with E-state index < -0.39 is 38.7 Å². The molecule has 1 heterocycles. The molecule has 136 valence electrons. The van der Waals surface area contributed by atoms with Crippen molar-refractivity contribution in [1.82, 2.24) is 14.7 Å². The number of rotatable bonds is 6. The zero-order valence-electron chi connectivity index (χ0n) is 12.9. The van der Waals surface area contributed by atoms with Gasteiger partial charge in [-0.05, 0) is 18.2 Å². The molecular formula is C14H14F3N3O4S. The summed E-state index contributed by atoms with van der Waals surface area (Å²) in [4.78, 5) is 17.6. The average molecular weight is 377 g/mol. The zero-order valence-corrected chi connectivity index (χ0v) is 13.7. The van der Waals surface area contributed by atoms with Crippen molar-refractivity contribution < 1.29 is 31.1 Å². The molecular weight excluding hydrogens is 363 g/mol. The largest absolute Gasteiger partial charge is 0.468 e. The summed E-state index contributed by atoms with van der Waals surface area (Å²) in [6.07, 6.45) is -2.08. The van der Waals surface area contributed by atoms with Crippen molar-refractivity contribution in [2.24, 2.45) is 0 Å². The Balaban J connectivity index is 2.29. The van der Waals surface area contributed by atoms with Gasteiger partial charge in [0.25, 0.3) is 0 Å². The number of sulfonamides is 1. The first-order chi connectivity index (χ1) is 11.6. The number of carbonyl (C=O) groups is 1. The Hall–Kier alpha value is -2.40. The molecule has 0 saturated carbocycles. The first-order valence-corrected chi connectivity index (χ1v) is 8.36. The number of ether oxygens (including phenoxy) is 1. The van der Waals surface area contributed by atoms with Gasteiger partial charge in [-0.15, -0.1) is 0 Å². The van der Waals surface area contributed by atoms with E-state index in [0.29, 0.717) is 11.8 Å². The fourth-order valence-corrected chi connectivity index (χ4v) is 3.26. The van der Waals surface area contributed by atoms with Gasteiger partial charge in [-0.1, -0.05) is 6.07 Å². The molecule has 0 aliphatic heterocycles. The summed E-state index contributed by atoms with van der Waals surface area (Å²) < 4.78 is 69.6. The van der Waals surface area contributed by atoms with Crippen LogP contribution in [0.5, 0.6) is 0 Å². The molecule has 0 bridgehead atoms. The van der Waals surface area contributed by atoms with Crippen LogP contribution in [0.3, 0.4) is 0 Å². The number of nitrogens with zero attached hydrogens (tertiary/aromatic N) is 1. The average Bonchev–Trinajstić information content (AvgIpc) is 3.05. The summed E-state index contributed by atoms with van der Waals surface area (Å²) >= 11 is 0. The van der Waals surface area contributed by atoms with E-state index in [2.05, 4.69) is 19.4 Å². The maximum atomic E-state index is 12.8. The van der Waals surface area contributed by atoms with Crippen molar-refractivity contribution in [3.8, 4) is 0 Å². The minimum absolute atomic E-state index is 0.106. The molecule has 2 N–H and O–H groups in total. The minimum atomic E-state index is -4.69. The molecule has 1 aromatic carbocycles. The van der Waals surface area contributed by atoms with Crippen molar-refractivity contribution in [2.45, 2.75) is 23.5 Å². The Morgan fingerprint density at radius 1 is 1.40 bits per heavy atom. The third-order valence-corrected chi connectivity index (χ3v) is 4.70. The maximum Gasteiger partial charge on any atom is 0.416 e. The number of halogens is 3. The zero-order chi connectivity index (χ0) is 18.7. The third-order valence-electron chi connectivity index (χ3n) is 3.23. The van der Waals surface area contributed by atoms with Crippen molar-refractivity contribution in [1.29, 1.82) is 0 Å². The lowest BCUT2D eigenvalue weighted by molar-refractivity contribution is -0.142. The molecule has 2 aromatic rings. The number of imidazole rings is 1. The highest BCUT2D eigenvalue weighted by molar-refractivity contribution is 7.89. The van der Waals surface area contributed by atoms with Crippen LogP contribution >= 0.6 is 0 Å². The number of aromatic amines is 1. The first-order valence-electron chi connectivity index (χ1n) is 6.88.